The van der Waals surface area contributed by atoms with E-state index in [0.29, 0.717) is 31.9 Å². The maximum absolute atomic E-state index is 12.5. The van der Waals surface area contributed by atoms with E-state index in [9.17, 15) is 8.42 Å². The molecular formula is C19H24N2O4S. The van der Waals surface area contributed by atoms with Gasteiger partial charge in [0, 0.05) is 31.9 Å². The second-order valence-electron chi connectivity index (χ2n) is 6.06. The molecule has 7 heteroatoms. The molecule has 0 atom stereocenters. The maximum atomic E-state index is 12.5. The van der Waals surface area contributed by atoms with Gasteiger partial charge in [-0.15, -0.1) is 0 Å². The summed E-state index contributed by atoms with van der Waals surface area (Å²) >= 11 is 0. The quantitative estimate of drug-likeness (QED) is 0.742. The van der Waals surface area contributed by atoms with Crippen molar-refractivity contribution in [3.63, 3.8) is 0 Å². The minimum absolute atomic E-state index is 0.00949. The molecule has 1 heterocycles. The van der Waals surface area contributed by atoms with Gasteiger partial charge >= 0.3 is 0 Å². The Morgan fingerprint density at radius 1 is 0.885 bits per heavy atom. The molecule has 0 N–H and O–H groups in total. The SMILES string of the molecule is COc1ccc(N2CCN(S(=O)(=O)CCOc3ccccc3)CC2)cc1. The number of hydrogen-bond acceptors (Lipinski definition) is 5. The lowest BCUT2D eigenvalue weighted by molar-refractivity contribution is 0.331. The first kappa shape index (κ1) is 18.5. The van der Waals surface area contributed by atoms with E-state index in [4.69, 9.17) is 9.47 Å². The molecule has 0 aromatic heterocycles. The fourth-order valence-corrected chi connectivity index (χ4v) is 4.20. The molecular weight excluding hydrogens is 352 g/mol. The van der Waals surface area contributed by atoms with Gasteiger partial charge in [0.25, 0.3) is 0 Å². The highest BCUT2D eigenvalue weighted by atomic mass is 32.2. The van der Waals surface area contributed by atoms with Crippen LogP contribution in [0.5, 0.6) is 11.5 Å². The van der Waals surface area contributed by atoms with Crippen molar-refractivity contribution >= 4 is 15.7 Å². The number of piperazine rings is 1. The topological polar surface area (TPSA) is 59.1 Å². The molecule has 0 saturated carbocycles. The molecule has 1 aliphatic heterocycles. The third-order valence-corrected chi connectivity index (χ3v) is 6.26. The Bertz CT molecular complexity index is 786. The first-order valence-corrected chi connectivity index (χ1v) is 10.2. The van der Waals surface area contributed by atoms with Gasteiger partial charge in [-0.25, -0.2) is 8.42 Å². The van der Waals surface area contributed by atoms with Crippen LogP contribution in [0, 0.1) is 0 Å². The van der Waals surface area contributed by atoms with E-state index in [0.717, 1.165) is 11.4 Å². The minimum atomic E-state index is -3.31. The molecule has 140 valence electrons. The monoisotopic (exact) mass is 376 g/mol. The largest absolute Gasteiger partial charge is 0.497 e. The molecule has 3 rings (SSSR count). The van der Waals surface area contributed by atoms with Crippen LogP contribution in [-0.2, 0) is 10.0 Å². The fraction of sp³-hybridized carbons (Fsp3) is 0.368. The molecule has 1 aliphatic rings. The Morgan fingerprint density at radius 2 is 1.54 bits per heavy atom. The van der Waals surface area contributed by atoms with Crippen molar-refractivity contribution in [1.29, 1.82) is 0 Å². The van der Waals surface area contributed by atoms with Crippen LogP contribution in [0.3, 0.4) is 0 Å². The van der Waals surface area contributed by atoms with Crippen LogP contribution < -0.4 is 14.4 Å². The van der Waals surface area contributed by atoms with Crippen molar-refractivity contribution in [1.82, 2.24) is 4.31 Å². The number of methoxy groups -OCH3 is 1. The van der Waals surface area contributed by atoms with Crippen LogP contribution >= 0.6 is 0 Å². The average Bonchev–Trinajstić information content (AvgIpc) is 2.69. The Labute approximate surface area is 155 Å². The van der Waals surface area contributed by atoms with Crippen LogP contribution in [0.15, 0.2) is 54.6 Å². The molecule has 1 fully saturated rings. The first-order chi connectivity index (χ1) is 12.6. The Balaban J connectivity index is 1.49. The Kier molecular flexibility index (Phi) is 6.00. The second-order valence-corrected chi connectivity index (χ2v) is 8.15. The number of sulfonamides is 1. The Hall–Kier alpha value is -2.25. The normalized spacial score (nSPS) is 15.7. The Morgan fingerprint density at radius 3 is 2.15 bits per heavy atom. The standard InChI is InChI=1S/C19H24N2O4S/c1-24-18-9-7-17(8-10-18)20-11-13-21(14-12-20)26(22,23)16-15-25-19-5-3-2-4-6-19/h2-10H,11-16H2,1H3. The van der Waals surface area contributed by atoms with Crippen LogP contribution in [0.4, 0.5) is 5.69 Å². The summed E-state index contributed by atoms with van der Waals surface area (Å²) in [6.45, 7) is 2.47. The highest BCUT2D eigenvalue weighted by molar-refractivity contribution is 7.89. The third kappa shape index (κ3) is 4.68. The van der Waals surface area contributed by atoms with Gasteiger partial charge in [-0.05, 0) is 36.4 Å². The zero-order valence-electron chi connectivity index (χ0n) is 14.9. The number of anilines is 1. The number of ether oxygens (including phenoxy) is 2. The molecule has 26 heavy (non-hydrogen) atoms. The van der Waals surface area contributed by atoms with Gasteiger partial charge in [0.15, 0.2) is 0 Å². The van der Waals surface area contributed by atoms with E-state index in [2.05, 4.69) is 4.90 Å². The van der Waals surface area contributed by atoms with Crippen molar-refractivity contribution in [3.8, 4) is 11.5 Å². The summed E-state index contributed by atoms with van der Waals surface area (Å²) in [5, 5.41) is 0. The molecule has 0 amide bonds. The first-order valence-electron chi connectivity index (χ1n) is 8.63. The highest BCUT2D eigenvalue weighted by Gasteiger charge is 2.27. The van der Waals surface area contributed by atoms with Crippen LogP contribution in [-0.4, -0.2) is 58.4 Å². The molecule has 0 radical (unpaired) electrons. The van der Waals surface area contributed by atoms with Gasteiger partial charge in [0.1, 0.15) is 18.1 Å². The lowest BCUT2D eigenvalue weighted by Gasteiger charge is -2.35. The van der Waals surface area contributed by atoms with Crippen LogP contribution in [0.2, 0.25) is 0 Å². The third-order valence-electron chi connectivity index (χ3n) is 4.42. The van der Waals surface area contributed by atoms with Gasteiger partial charge < -0.3 is 14.4 Å². The molecule has 2 aromatic carbocycles. The molecule has 0 bridgehead atoms. The molecule has 0 unspecified atom stereocenters. The summed E-state index contributed by atoms with van der Waals surface area (Å²) in [5.41, 5.74) is 1.08. The smallest absolute Gasteiger partial charge is 0.217 e. The van der Waals surface area contributed by atoms with Crippen LogP contribution in [0.25, 0.3) is 0 Å². The average molecular weight is 376 g/mol. The lowest BCUT2D eigenvalue weighted by Crippen LogP contribution is -2.49. The predicted molar refractivity (Wildman–Crippen MR) is 103 cm³/mol. The summed E-state index contributed by atoms with van der Waals surface area (Å²) in [6.07, 6.45) is 0. The second kappa shape index (κ2) is 8.42. The van der Waals surface area contributed by atoms with Crippen molar-refractivity contribution in [2.45, 2.75) is 0 Å². The van der Waals surface area contributed by atoms with E-state index in [1.54, 1.807) is 11.4 Å². The van der Waals surface area contributed by atoms with E-state index >= 15 is 0 Å². The predicted octanol–water partition coefficient (Wildman–Crippen LogP) is 2.23. The molecule has 6 nitrogen and oxygen atoms in total. The molecule has 0 aliphatic carbocycles. The summed E-state index contributed by atoms with van der Waals surface area (Å²) in [4.78, 5) is 2.19. The van der Waals surface area contributed by atoms with E-state index in [-0.39, 0.29) is 12.4 Å². The lowest BCUT2D eigenvalue weighted by atomic mass is 10.2. The van der Waals surface area contributed by atoms with Gasteiger partial charge in [-0.1, -0.05) is 18.2 Å². The van der Waals surface area contributed by atoms with Crippen LogP contribution in [0.1, 0.15) is 0 Å². The van der Waals surface area contributed by atoms with E-state index in [1.165, 1.54) is 0 Å². The van der Waals surface area contributed by atoms with E-state index in [1.807, 2.05) is 54.6 Å². The zero-order chi connectivity index (χ0) is 18.4. The highest BCUT2D eigenvalue weighted by Crippen LogP contribution is 2.21. The molecule has 2 aromatic rings. The van der Waals surface area contributed by atoms with Gasteiger partial charge in [0.05, 0.1) is 12.9 Å². The summed E-state index contributed by atoms with van der Waals surface area (Å²) in [6, 6.07) is 17.1. The van der Waals surface area contributed by atoms with Gasteiger partial charge in [-0.2, -0.15) is 4.31 Å². The number of hydrogen-bond donors (Lipinski definition) is 0. The molecule has 0 spiro atoms. The maximum Gasteiger partial charge on any atom is 0.217 e. The van der Waals surface area contributed by atoms with E-state index < -0.39 is 10.0 Å². The summed E-state index contributed by atoms with van der Waals surface area (Å²) in [5.74, 6) is 1.49. The molecule has 1 saturated heterocycles. The number of rotatable bonds is 7. The number of para-hydroxylation sites is 1. The van der Waals surface area contributed by atoms with Crippen molar-refractivity contribution in [3.05, 3.63) is 54.6 Å². The summed E-state index contributed by atoms with van der Waals surface area (Å²) < 4.78 is 37.3. The van der Waals surface area contributed by atoms with Crippen molar-refractivity contribution in [2.24, 2.45) is 0 Å². The number of benzene rings is 2. The van der Waals surface area contributed by atoms with Crippen molar-refractivity contribution < 1.29 is 17.9 Å². The summed E-state index contributed by atoms with van der Waals surface area (Å²) in [7, 11) is -1.67. The van der Waals surface area contributed by atoms with Gasteiger partial charge in [0.2, 0.25) is 10.0 Å². The van der Waals surface area contributed by atoms with Crippen molar-refractivity contribution in [2.75, 3.05) is 50.5 Å². The fourth-order valence-electron chi connectivity index (χ4n) is 2.93. The van der Waals surface area contributed by atoms with Gasteiger partial charge in [-0.3, -0.25) is 0 Å². The zero-order valence-corrected chi connectivity index (χ0v) is 15.7. The number of nitrogens with zero attached hydrogens (tertiary/aromatic N) is 2. The minimum Gasteiger partial charge on any atom is -0.497 e.